The maximum atomic E-state index is 13.2. The van der Waals surface area contributed by atoms with Gasteiger partial charge in [0, 0.05) is 37.0 Å². The summed E-state index contributed by atoms with van der Waals surface area (Å²) in [7, 11) is -3.67. The van der Waals surface area contributed by atoms with Gasteiger partial charge in [0.2, 0.25) is 10.0 Å². The molecule has 3 aromatic carbocycles. The second-order valence-corrected chi connectivity index (χ2v) is 10.1. The van der Waals surface area contributed by atoms with Gasteiger partial charge in [0.25, 0.3) is 0 Å². The van der Waals surface area contributed by atoms with E-state index in [9.17, 15) is 13.2 Å². The van der Waals surface area contributed by atoms with Gasteiger partial charge in [0.05, 0.1) is 33.8 Å². The number of ether oxygens (including phenoxy) is 1. The Balaban J connectivity index is 1.40. The molecule has 0 aliphatic carbocycles. The quantitative estimate of drug-likeness (QED) is 0.320. The number of aromatic nitrogens is 1. The van der Waals surface area contributed by atoms with Crippen LogP contribution in [0.1, 0.15) is 17.3 Å². The van der Waals surface area contributed by atoms with Gasteiger partial charge in [-0.1, -0.05) is 36.4 Å². The molecule has 4 aromatic rings. The van der Waals surface area contributed by atoms with E-state index in [2.05, 4.69) is 17.0 Å². The number of carbonyl (C=O) groups is 1. The number of sulfonamides is 1. The monoisotopic (exact) mass is 475 g/mol. The van der Waals surface area contributed by atoms with Gasteiger partial charge in [-0.05, 0) is 43.3 Å². The smallest absolute Gasteiger partial charge is 0.338 e. The molecule has 1 aliphatic heterocycles. The maximum Gasteiger partial charge on any atom is 0.338 e. The summed E-state index contributed by atoms with van der Waals surface area (Å²) in [6.45, 7) is 3.87. The Bertz CT molecular complexity index is 1410. The Hall–Kier alpha value is -3.49. The Kier molecular flexibility index (Phi) is 5.93. The van der Waals surface area contributed by atoms with Crippen molar-refractivity contribution in [2.24, 2.45) is 0 Å². The first-order valence-electron chi connectivity index (χ1n) is 11.3. The van der Waals surface area contributed by atoms with Crippen molar-refractivity contribution in [3.8, 4) is 0 Å². The summed E-state index contributed by atoms with van der Waals surface area (Å²) >= 11 is 0. The fourth-order valence-electron chi connectivity index (χ4n) is 4.44. The minimum absolute atomic E-state index is 0.175. The van der Waals surface area contributed by atoms with Crippen LogP contribution < -0.4 is 4.90 Å². The second-order valence-electron chi connectivity index (χ2n) is 8.13. The van der Waals surface area contributed by atoms with Gasteiger partial charge in [-0.15, -0.1) is 0 Å². The number of pyridine rings is 1. The van der Waals surface area contributed by atoms with Crippen LogP contribution in [0.2, 0.25) is 0 Å². The van der Waals surface area contributed by atoms with Crippen molar-refractivity contribution in [2.75, 3.05) is 37.7 Å². The van der Waals surface area contributed by atoms with Gasteiger partial charge in [0.15, 0.2) is 0 Å². The van der Waals surface area contributed by atoms with Crippen LogP contribution in [-0.4, -0.2) is 56.5 Å². The summed E-state index contributed by atoms with van der Waals surface area (Å²) in [5.41, 5.74) is 3.28. The SMILES string of the molecule is CCOC(=O)c1ccc(S(=O)(=O)N2CCN(c3c4ccccc4nc4ccccc34)CC2)cc1. The number of anilines is 1. The summed E-state index contributed by atoms with van der Waals surface area (Å²) in [6.07, 6.45) is 0. The molecule has 1 aliphatic rings. The van der Waals surface area contributed by atoms with E-state index in [1.165, 1.54) is 28.6 Å². The Morgan fingerprint density at radius 2 is 1.41 bits per heavy atom. The van der Waals surface area contributed by atoms with Gasteiger partial charge in [-0.2, -0.15) is 4.31 Å². The Morgan fingerprint density at radius 3 is 1.97 bits per heavy atom. The third-order valence-electron chi connectivity index (χ3n) is 6.12. The zero-order chi connectivity index (χ0) is 23.7. The highest BCUT2D eigenvalue weighted by molar-refractivity contribution is 7.89. The van der Waals surface area contributed by atoms with E-state index in [0.717, 1.165) is 27.5 Å². The summed E-state index contributed by atoms with van der Waals surface area (Å²) < 4.78 is 33.0. The lowest BCUT2D eigenvalue weighted by atomic mass is 10.1. The van der Waals surface area contributed by atoms with Crippen molar-refractivity contribution in [1.82, 2.24) is 9.29 Å². The Morgan fingerprint density at radius 1 is 0.853 bits per heavy atom. The lowest BCUT2D eigenvalue weighted by molar-refractivity contribution is 0.0526. The first kappa shape index (κ1) is 22.3. The van der Waals surface area contributed by atoms with Gasteiger partial charge in [0.1, 0.15) is 0 Å². The number of carbonyl (C=O) groups excluding carboxylic acids is 1. The lowest BCUT2D eigenvalue weighted by Gasteiger charge is -2.36. The minimum Gasteiger partial charge on any atom is -0.462 e. The fraction of sp³-hybridized carbons (Fsp3) is 0.231. The van der Waals surface area contributed by atoms with E-state index in [1.807, 2.05) is 36.4 Å². The van der Waals surface area contributed by atoms with E-state index >= 15 is 0 Å². The topological polar surface area (TPSA) is 79.8 Å². The van der Waals surface area contributed by atoms with E-state index in [4.69, 9.17) is 9.72 Å². The molecular formula is C26H25N3O4S. The van der Waals surface area contributed by atoms with Crippen LogP contribution in [0.15, 0.2) is 77.7 Å². The molecule has 7 nitrogen and oxygen atoms in total. The van der Waals surface area contributed by atoms with Crippen molar-refractivity contribution in [1.29, 1.82) is 0 Å². The number of esters is 1. The van der Waals surface area contributed by atoms with Crippen LogP contribution in [0.25, 0.3) is 21.8 Å². The molecule has 0 bridgehead atoms. The van der Waals surface area contributed by atoms with Crippen molar-refractivity contribution in [3.63, 3.8) is 0 Å². The van der Waals surface area contributed by atoms with E-state index in [1.54, 1.807) is 6.92 Å². The van der Waals surface area contributed by atoms with E-state index < -0.39 is 16.0 Å². The van der Waals surface area contributed by atoms with Crippen LogP contribution in [0, 0.1) is 0 Å². The van der Waals surface area contributed by atoms with Crippen LogP contribution in [0.3, 0.4) is 0 Å². The molecule has 34 heavy (non-hydrogen) atoms. The minimum atomic E-state index is -3.67. The third kappa shape index (κ3) is 3.99. The number of benzene rings is 3. The highest BCUT2D eigenvalue weighted by atomic mass is 32.2. The van der Waals surface area contributed by atoms with E-state index in [-0.39, 0.29) is 11.5 Å². The second kappa shape index (κ2) is 9.04. The van der Waals surface area contributed by atoms with Crippen LogP contribution >= 0.6 is 0 Å². The largest absolute Gasteiger partial charge is 0.462 e. The molecule has 5 rings (SSSR count). The van der Waals surface area contributed by atoms with Gasteiger partial charge >= 0.3 is 5.97 Å². The average Bonchev–Trinajstić information content (AvgIpc) is 2.87. The molecule has 1 saturated heterocycles. The zero-order valence-corrected chi connectivity index (χ0v) is 19.7. The fourth-order valence-corrected chi connectivity index (χ4v) is 5.86. The van der Waals surface area contributed by atoms with Gasteiger partial charge in [-0.3, -0.25) is 0 Å². The molecule has 0 unspecified atom stereocenters. The molecule has 0 N–H and O–H groups in total. The number of para-hydroxylation sites is 2. The van der Waals surface area contributed by atoms with Crippen molar-refractivity contribution in [2.45, 2.75) is 11.8 Å². The molecule has 0 radical (unpaired) electrons. The summed E-state index contributed by atoms with van der Waals surface area (Å²) in [5.74, 6) is -0.461. The van der Waals surface area contributed by atoms with Crippen molar-refractivity contribution in [3.05, 3.63) is 78.4 Å². The number of hydrogen-bond donors (Lipinski definition) is 0. The predicted molar refractivity (Wildman–Crippen MR) is 133 cm³/mol. The van der Waals surface area contributed by atoms with Crippen LogP contribution in [0.4, 0.5) is 5.69 Å². The number of fused-ring (bicyclic) bond motifs is 2. The number of rotatable bonds is 5. The highest BCUT2D eigenvalue weighted by Gasteiger charge is 2.30. The number of hydrogen-bond acceptors (Lipinski definition) is 6. The number of piperazine rings is 1. The first-order chi connectivity index (χ1) is 16.5. The van der Waals surface area contributed by atoms with Crippen molar-refractivity contribution >= 4 is 43.5 Å². The van der Waals surface area contributed by atoms with Crippen LogP contribution in [0.5, 0.6) is 0 Å². The number of nitrogens with zero attached hydrogens (tertiary/aromatic N) is 3. The molecule has 0 saturated carbocycles. The molecule has 0 amide bonds. The summed E-state index contributed by atoms with van der Waals surface area (Å²) in [4.78, 5) is 19.1. The standard InChI is InChI=1S/C26H25N3O4S/c1-2-33-26(30)19-11-13-20(14-12-19)34(31,32)29-17-15-28(16-18-29)25-21-7-3-5-9-23(21)27-24-10-6-4-8-22(24)25/h3-14H,2,15-18H2,1H3. The van der Waals surface area contributed by atoms with Gasteiger partial charge < -0.3 is 9.64 Å². The first-order valence-corrected chi connectivity index (χ1v) is 12.7. The molecule has 0 atom stereocenters. The van der Waals surface area contributed by atoms with E-state index in [0.29, 0.717) is 31.7 Å². The highest BCUT2D eigenvalue weighted by Crippen LogP contribution is 2.34. The average molecular weight is 476 g/mol. The maximum absolute atomic E-state index is 13.2. The van der Waals surface area contributed by atoms with Crippen LogP contribution in [-0.2, 0) is 14.8 Å². The van der Waals surface area contributed by atoms with Crippen molar-refractivity contribution < 1.29 is 17.9 Å². The normalized spacial score (nSPS) is 15.0. The third-order valence-corrected chi connectivity index (χ3v) is 8.03. The molecule has 174 valence electrons. The zero-order valence-electron chi connectivity index (χ0n) is 18.8. The summed E-state index contributed by atoms with van der Waals surface area (Å²) in [5, 5.41) is 2.12. The van der Waals surface area contributed by atoms with Gasteiger partial charge in [-0.25, -0.2) is 18.2 Å². The molecule has 0 spiro atoms. The molecule has 8 heteroatoms. The summed E-state index contributed by atoms with van der Waals surface area (Å²) in [6, 6.07) is 22.0. The molecule has 1 fully saturated rings. The molecular weight excluding hydrogens is 450 g/mol. The molecule has 1 aromatic heterocycles. The lowest BCUT2D eigenvalue weighted by Crippen LogP contribution is -2.48. The molecule has 2 heterocycles. The Labute approximate surface area is 198 Å². The predicted octanol–water partition coefficient (Wildman–Crippen LogP) is 4.08.